The summed E-state index contributed by atoms with van der Waals surface area (Å²) in [6.07, 6.45) is 0. The second-order valence-corrected chi connectivity index (χ2v) is 8.98. The van der Waals surface area contributed by atoms with Gasteiger partial charge in [0.05, 0.1) is 11.0 Å². The first-order chi connectivity index (χ1) is 16.9. The molecule has 1 N–H and O–H groups in total. The zero-order valence-electron chi connectivity index (χ0n) is 19.0. The zero-order valence-corrected chi connectivity index (χ0v) is 19.7. The van der Waals surface area contributed by atoms with Crippen molar-refractivity contribution in [3.63, 3.8) is 0 Å². The molecule has 6 aromatic rings. The van der Waals surface area contributed by atoms with Crippen LogP contribution in [-0.4, -0.2) is 24.2 Å². The molecule has 0 spiro atoms. The van der Waals surface area contributed by atoms with Gasteiger partial charge in [-0.1, -0.05) is 23.7 Å². The number of phenols is 1. The van der Waals surface area contributed by atoms with Crippen molar-refractivity contribution < 1.29 is 13.9 Å². The smallest absolute Gasteiger partial charge is 0.297 e. The molecule has 0 unspecified atom stereocenters. The second-order valence-electron chi connectivity index (χ2n) is 8.54. The Morgan fingerprint density at radius 2 is 1.74 bits per heavy atom. The third-order valence-electron chi connectivity index (χ3n) is 5.79. The number of aromatic nitrogens is 1. The van der Waals surface area contributed by atoms with E-state index in [1.807, 2.05) is 79.7 Å². The first kappa shape index (κ1) is 21.3. The van der Waals surface area contributed by atoms with E-state index in [0.29, 0.717) is 33.7 Å². The van der Waals surface area contributed by atoms with Gasteiger partial charge >= 0.3 is 0 Å². The third-order valence-corrected chi connectivity index (χ3v) is 6.02. The predicted molar refractivity (Wildman–Crippen MR) is 139 cm³/mol. The fraction of sp³-hybridized carbons (Fsp3) is 0.0714. The predicted octanol–water partition coefficient (Wildman–Crippen LogP) is 7.05. The molecule has 0 aliphatic rings. The maximum atomic E-state index is 9.94. The van der Waals surface area contributed by atoms with Gasteiger partial charge in [0.2, 0.25) is 0 Å². The van der Waals surface area contributed by atoms with Crippen LogP contribution in [0.3, 0.4) is 0 Å². The summed E-state index contributed by atoms with van der Waals surface area (Å²) in [4.78, 5) is 11.2. The van der Waals surface area contributed by atoms with E-state index in [1.54, 1.807) is 18.2 Å². The van der Waals surface area contributed by atoms with E-state index in [-0.39, 0.29) is 5.75 Å². The van der Waals surface area contributed by atoms with Crippen LogP contribution >= 0.6 is 11.6 Å². The van der Waals surface area contributed by atoms with Gasteiger partial charge in [-0.25, -0.2) is 4.99 Å². The molecule has 35 heavy (non-hydrogen) atoms. The summed E-state index contributed by atoms with van der Waals surface area (Å²) in [6, 6.07) is 24.8. The lowest BCUT2D eigenvalue weighted by Gasteiger charge is -2.07. The van der Waals surface area contributed by atoms with E-state index < -0.39 is 0 Å². The fourth-order valence-electron chi connectivity index (χ4n) is 4.08. The lowest BCUT2D eigenvalue weighted by atomic mass is 10.1. The van der Waals surface area contributed by atoms with Gasteiger partial charge < -0.3 is 18.8 Å². The first-order valence-electron chi connectivity index (χ1n) is 11.0. The molecule has 0 amide bonds. The standard InChI is InChI=1S/C28H20ClN3O3/c1-32(2)28-31-23-9-7-17(12-27(23)35-28)25-15-24(30-20-4-3-5-21(33)14-20)22-11-16-6-8-19(29)10-18(16)13-26(22)34-25/h3-15,33H,1-2H3. The monoisotopic (exact) mass is 481 g/mol. The number of hydrogen-bond donors (Lipinski definition) is 1. The molecular formula is C28H20ClN3O3. The van der Waals surface area contributed by atoms with E-state index in [2.05, 4.69) is 4.98 Å². The van der Waals surface area contributed by atoms with Crippen molar-refractivity contribution in [3.8, 4) is 17.1 Å². The average molecular weight is 482 g/mol. The Balaban J connectivity index is 1.62. The first-order valence-corrected chi connectivity index (χ1v) is 11.4. The largest absolute Gasteiger partial charge is 0.508 e. The van der Waals surface area contributed by atoms with E-state index in [4.69, 9.17) is 25.4 Å². The molecular weight excluding hydrogens is 462 g/mol. The molecule has 0 saturated carbocycles. The number of fused-ring (bicyclic) bond motifs is 3. The van der Waals surface area contributed by atoms with Crippen LogP contribution in [0.25, 0.3) is 44.2 Å². The van der Waals surface area contributed by atoms with Crippen molar-refractivity contribution >= 4 is 56.1 Å². The van der Waals surface area contributed by atoms with Gasteiger partial charge in [0.15, 0.2) is 5.58 Å². The van der Waals surface area contributed by atoms with Gasteiger partial charge in [-0.3, -0.25) is 0 Å². The SMILES string of the molecule is CN(C)c1nc2ccc(-c3cc(=Nc4cccc(O)c4)c4cc5ccc(Cl)cc5cc4o3)cc2o1. The Morgan fingerprint density at radius 1 is 0.857 bits per heavy atom. The molecule has 0 aliphatic heterocycles. The highest BCUT2D eigenvalue weighted by Gasteiger charge is 2.12. The fourth-order valence-corrected chi connectivity index (χ4v) is 4.26. The van der Waals surface area contributed by atoms with Crippen molar-refractivity contribution in [2.45, 2.75) is 0 Å². The Morgan fingerprint density at radius 3 is 2.57 bits per heavy atom. The lowest BCUT2D eigenvalue weighted by molar-refractivity contribution is 0.475. The van der Waals surface area contributed by atoms with E-state index in [0.717, 1.165) is 32.6 Å². The van der Waals surface area contributed by atoms with E-state index >= 15 is 0 Å². The number of benzene rings is 4. The van der Waals surface area contributed by atoms with Gasteiger partial charge in [0, 0.05) is 42.2 Å². The number of nitrogens with zero attached hydrogens (tertiary/aromatic N) is 3. The Kier molecular flexibility index (Phi) is 4.97. The molecule has 6 rings (SSSR count). The minimum Gasteiger partial charge on any atom is -0.508 e. The van der Waals surface area contributed by atoms with Crippen LogP contribution in [0.1, 0.15) is 0 Å². The normalized spacial score (nSPS) is 12.1. The molecule has 7 heteroatoms. The van der Waals surface area contributed by atoms with Gasteiger partial charge in [0.25, 0.3) is 6.01 Å². The van der Waals surface area contributed by atoms with Crippen molar-refractivity contribution in [3.05, 3.63) is 89.2 Å². The van der Waals surface area contributed by atoms with Crippen LogP contribution in [0.5, 0.6) is 5.75 Å². The Hall–Kier alpha value is -4.29. The number of anilines is 1. The zero-order chi connectivity index (χ0) is 24.1. The molecule has 0 fully saturated rings. The molecule has 2 heterocycles. The molecule has 0 radical (unpaired) electrons. The quantitative estimate of drug-likeness (QED) is 0.274. The van der Waals surface area contributed by atoms with Crippen molar-refractivity contribution in [2.75, 3.05) is 19.0 Å². The van der Waals surface area contributed by atoms with Crippen molar-refractivity contribution in [2.24, 2.45) is 4.99 Å². The summed E-state index contributed by atoms with van der Waals surface area (Å²) in [5.74, 6) is 0.784. The summed E-state index contributed by atoms with van der Waals surface area (Å²) in [5.41, 5.74) is 3.57. The highest BCUT2D eigenvalue weighted by atomic mass is 35.5. The maximum Gasteiger partial charge on any atom is 0.297 e. The number of hydrogen-bond acceptors (Lipinski definition) is 6. The topological polar surface area (TPSA) is 75.0 Å². The minimum atomic E-state index is 0.156. The summed E-state index contributed by atoms with van der Waals surface area (Å²) in [7, 11) is 3.77. The van der Waals surface area contributed by atoms with Crippen molar-refractivity contribution in [1.82, 2.24) is 4.98 Å². The van der Waals surface area contributed by atoms with Crippen LogP contribution in [0, 0.1) is 0 Å². The summed E-state index contributed by atoms with van der Waals surface area (Å²) in [5, 5.41) is 14.2. The lowest BCUT2D eigenvalue weighted by Crippen LogP contribution is -2.08. The Labute approximate surface area is 205 Å². The molecule has 0 atom stereocenters. The molecule has 0 aliphatic carbocycles. The van der Waals surface area contributed by atoms with Crippen LogP contribution in [-0.2, 0) is 0 Å². The van der Waals surface area contributed by atoms with Gasteiger partial charge in [0.1, 0.15) is 22.6 Å². The summed E-state index contributed by atoms with van der Waals surface area (Å²) >= 11 is 6.24. The molecule has 4 aromatic carbocycles. The van der Waals surface area contributed by atoms with Crippen LogP contribution in [0.4, 0.5) is 11.7 Å². The number of rotatable bonds is 3. The molecule has 0 saturated heterocycles. The van der Waals surface area contributed by atoms with Gasteiger partial charge in [-0.05, 0) is 65.4 Å². The average Bonchev–Trinajstić information content (AvgIpc) is 3.27. The van der Waals surface area contributed by atoms with Crippen LogP contribution in [0.15, 0.2) is 92.7 Å². The summed E-state index contributed by atoms with van der Waals surface area (Å²) in [6.45, 7) is 0. The van der Waals surface area contributed by atoms with Crippen LogP contribution < -0.4 is 10.3 Å². The van der Waals surface area contributed by atoms with Crippen LogP contribution in [0.2, 0.25) is 5.02 Å². The molecule has 172 valence electrons. The summed E-state index contributed by atoms with van der Waals surface area (Å²) < 4.78 is 12.3. The Bertz CT molecular complexity index is 1820. The number of oxazole rings is 1. The van der Waals surface area contributed by atoms with Crippen molar-refractivity contribution in [1.29, 1.82) is 0 Å². The number of phenolic OH excluding ortho intramolecular Hbond substituents is 1. The van der Waals surface area contributed by atoms with E-state index in [9.17, 15) is 5.11 Å². The highest BCUT2D eigenvalue weighted by Crippen LogP contribution is 2.30. The highest BCUT2D eigenvalue weighted by molar-refractivity contribution is 6.31. The third kappa shape index (κ3) is 3.98. The molecule has 6 nitrogen and oxygen atoms in total. The number of aromatic hydroxyl groups is 1. The minimum absolute atomic E-state index is 0.156. The second kappa shape index (κ2) is 8.18. The molecule has 2 aromatic heterocycles. The molecule has 0 bridgehead atoms. The van der Waals surface area contributed by atoms with E-state index in [1.165, 1.54) is 0 Å². The van der Waals surface area contributed by atoms with Gasteiger partial charge in [-0.15, -0.1) is 0 Å². The maximum absolute atomic E-state index is 9.94. The number of halogens is 1. The van der Waals surface area contributed by atoms with Gasteiger partial charge in [-0.2, -0.15) is 4.98 Å².